The minimum absolute atomic E-state index is 0.233. The maximum absolute atomic E-state index is 11.0. The van der Waals surface area contributed by atoms with Crippen molar-refractivity contribution in [2.45, 2.75) is 25.3 Å². The number of pyridine rings is 1. The zero-order valence-corrected chi connectivity index (χ0v) is 8.89. The van der Waals surface area contributed by atoms with E-state index in [4.69, 9.17) is 5.11 Å². The number of anilines is 1. The van der Waals surface area contributed by atoms with Gasteiger partial charge in [0.15, 0.2) is 0 Å². The quantitative estimate of drug-likeness (QED) is 0.764. The third-order valence-electron chi connectivity index (χ3n) is 2.68. The van der Waals surface area contributed by atoms with Crippen LogP contribution in [0.15, 0.2) is 30.6 Å². The summed E-state index contributed by atoms with van der Waals surface area (Å²) >= 11 is 0. The third-order valence-corrected chi connectivity index (χ3v) is 2.68. The molecule has 0 fully saturated rings. The molecule has 0 aliphatic heterocycles. The van der Waals surface area contributed by atoms with Crippen molar-refractivity contribution < 1.29 is 9.90 Å². The summed E-state index contributed by atoms with van der Waals surface area (Å²) < 4.78 is 0. The lowest BCUT2D eigenvalue weighted by Crippen LogP contribution is -2.21. The Kier molecular flexibility index (Phi) is 3.19. The molecule has 84 valence electrons. The van der Waals surface area contributed by atoms with Crippen LogP contribution in [-0.2, 0) is 0 Å². The van der Waals surface area contributed by atoms with Crippen molar-refractivity contribution in [1.82, 2.24) is 4.98 Å². The number of hydrogen-bond acceptors (Lipinski definition) is 3. The molecule has 0 amide bonds. The molecule has 1 aromatic rings. The molecule has 4 heteroatoms. The van der Waals surface area contributed by atoms with Crippen LogP contribution in [0.4, 0.5) is 5.69 Å². The summed E-state index contributed by atoms with van der Waals surface area (Å²) in [4.78, 5) is 14.8. The number of carbonyl (C=O) groups is 1. The number of aromatic nitrogens is 1. The normalized spacial score (nSPS) is 19.4. The van der Waals surface area contributed by atoms with Gasteiger partial charge in [-0.1, -0.05) is 12.2 Å². The molecule has 4 nitrogen and oxygen atoms in total. The van der Waals surface area contributed by atoms with E-state index >= 15 is 0 Å². The molecule has 0 saturated heterocycles. The van der Waals surface area contributed by atoms with Gasteiger partial charge in [0.1, 0.15) is 5.56 Å². The van der Waals surface area contributed by atoms with Crippen molar-refractivity contribution in [3.8, 4) is 0 Å². The van der Waals surface area contributed by atoms with Gasteiger partial charge in [-0.25, -0.2) is 4.79 Å². The average Bonchev–Trinajstić information content (AvgIpc) is 2.31. The van der Waals surface area contributed by atoms with Crippen molar-refractivity contribution in [2.75, 3.05) is 5.32 Å². The minimum atomic E-state index is -0.943. The van der Waals surface area contributed by atoms with Gasteiger partial charge < -0.3 is 10.4 Å². The summed E-state index contributed by atoms with van der Waals surface area (Å²) in [5, 5.41) is 12.3. The molecule has 0 bridgehead atoms. The van der Waals surface area contributed by atoms with Crippen molar-refractivity contribution in [2.24, 2.45) is 0 Å². The second-order valence-electron chi connectivity index (χ2n) is 3.85. The topological polar surface area (TPSA) is 62.2 Å². The first kappa shape index (κ1) is 10.7. The summed E-state index contributed by atoms with van der Waals surface area (Å²) in [5.74, 6) is -0.943. The summed E-state index contributed by atoms with van der Waals surface area (Å²) in [6, 6.07) is 2.03. The van der Waals surface area contributed by atoms with E-state index in [2.05, 4.69) is 22.5 Å². The number of carboxylic acid groups (broad SMARTS) is 1. The second-order valence-corrected chi connectivity index (χ2v) is 3.85. The van der Waals surface area contributed by atoms with Crippen molar-refractivity contribution in [3.05, 3.63) is 36.2 Å². The fourth-order valence-corrected chi connectivity index (χ4v) is 1.84. The minimum Gasteiger partial charge on any atom is -0.478 e. The second kappa shape index (κ2) is 4.79. The first-order valence-electron chi connectivity index (χ1n) is 5.36. The number of hydrogen-bond donors (Lipinski definition) is 2. The molecule has 16 heavy (non-hydrogen) atoms. The van der Waals surface area contributed by atoms with Gasteiger partial charge in [0.2, 0.25) is 0 Å². The van der Waals surface area contributed by atoms with E-state index in [0.29, 0.717) is 11.7 Å². The van der Waals surface area contributed by atoms with Crippen LogP contribution in [0.5, 0.6) is 0 Å². The lowest BCUT2D eigenvalue weighted by molar-refractivity contribution is 0.0697. The fourth-order valence-electron chi connectivity index (χ4n) is 1.84. The Morgan fingerprint density at radius 3 is 3.06 bits per heavy atom. The standard InChI is InChI=1S/C12H14N2O2/c15-12(16)10-8-13-7-6-11(10)14-9-4-2-1-3-5-9/h1-2,6-9H,3-5H2,(H,13,14)(H,15,16). The van der Waals surface area contributed by atoms with Crippen molar-refractivity contribution in [1.29, 1.82) is 0 Å². The van der Waals surface area contributed by atoms with Gasteiger partial charge in [-0.3, -0.25) is 4.98 Å². The molecule has 0 saturated carbocycles. The van der Waals surface area contributed by atoms with Gasteiger partial charge in [0.05, 0.1) is 5.69 Å². The number of allylic oxidation sites excluding steroid dienone is 1. The Morgan fingerprint density at radius 2 is 2.38 bits per heavy atom. The van der Waals surface area contributed by atoms with Crippen LogP contribution >= 0.6 is 0 Å². The Labute approximate surface area is 94.0 Å². The molecule has 0 aromatic carbocycles. The molecule has 0 radical (unpaired) electrons. The van der Waals surface area contributed by atoms with Gasteiger partial charge in [-0.2, -0.15) is 0 Å². The molecule has 1 heterocycles. The Bertz CT molecular complexity index is 415. The Balaban J connectivity index is 2.14. The summed E-state index contributed by atoms with van der Waals surface area (Å²) in [6.07, 6.45) is 10.3. The zero-order chi connectivity index (χ0) is 11.4. The van der Waals surface area contributed by atoms with Crippen LogP contribution in [0, 0.1) is 0 Å². The van der Waals surface area contributed by atoms with E-state index in [1.165, 1.54) is 6.20 Å². The van der Waals surface area contributed by atoms with Crippen LogP contribution in [0.1, 0.15) is 29.6 Å². The molecule has 2 rings (SSSR count). The molecular formula is C12H14N2O2. The van der Waals surface area contributed by atoms with Gasteiger partial charge in [-0.15, -0.1) is 0 Å². The lowest BCUT2D eigenvalue weighted by Gasteiger charge is -2.21. The SMILES string of the molecule is O=C(O)c1cnccc1NC1CC=CCC1. The monoisotopic (exact) mass is 218 g/mol. The highest BCUT2D eigenvalue weighted by molar-refractivity contribution is 5.93. The predicted molar refractivity (Wildman–Crippen MR) is 61.6 cm³/mol. The maximum atomic E-state index is 11.0. The average molecular weight is 218 g/mol. The number of rotatable bonds is 3. The highest BCUT2D eigenvalue weighted by Gasteiger charge is 2.14. The molecular weight excluding hydrogens is 204 g/mol. The van der Waals surface area contributed by atoms with E-state index in [1.807, 2.05) is 0 Å². The van der Waals surface area contributed by atoms with E-state index in [9.17, 15) is 4.79 Å². The van der Waals surface area contributed by atoms with Crippen LogP contribution < -0.4 is 5.32 Å². The molecule has 1 aliphatic carbocycles. The lowest BCUT2D eigenvalue weighted by atomic mass is 10.0. The highest BCUT2D eigenvalue weighted by atomic mass is 16.4. The first-order valence-corrected chi connectivity index (χ1v) is 5.36. The zero-order valence-electron chi connectivity index (χ0n) is 8.89. The summed E-state index contributed by atoms with van der Waals surface area (Å²) in [7, 11) is 0. The highest BCUT2D eigenvalue weighted by Crippen LogP contribution is 2.19. The number of nitrogens with zero attached hydrogens (tertiary/aromatic N) is 1. The Morgan fingerprint density at radius 1 is 1.50 bits per heavy atom. The molecule has 1 atom stereocenters. The van der Waals surface area contributed by atoms with E-state index < -0.39 is 5.97 Å². The molecule has 2 N–H and O–H groups in total. The molecule has 1 aromatic heterocycles. The van der Waals surface area contributed by atoms with Gasteiger partial charge in [-0.05, 0) is 25.3 Å². The van der Waals surface area contributed by atoms with Crippen molar-refractivity contribution in [3.63, 3.8) is 0 Å². The van der Waals surface area contributed by atoms with Crippen LogP contribution in [-0.4, -0.2) is 22.1 Å². The number of aromatic carboxylic acids is 1. The molecule has 0 spiro atoms. The van der Waals surface area contributed by atoms with E-state index in [1.54, 1.807) is 12.3 Å². The summed E-state index contributed by atoms with van der Waals surface area (Å²) in [5.41, 5.74) is 0.889. The van der Waals surface area contributed by atoms with Gasteiger partial charge in [0.25, 0.3) is 0 Å². The first-order chi connectivity index (χ1) is 7.77. The largest absolute Gasteiger partial charge is 0.478 e. The van der Waals surface area contributed by atoms with Gasteiger partial charge in [0, 0.05) is 18.4 Å². The van der Waals surface area contributed by atoms with Crippen LogP contribution in [0.25, 0.3) is 0 Å². The van der Waals surface area contributed by atoms with Crippen molar-refractivity contribution >= 4 is 11.7 Å². The predicted octanol–water partition coefficient (Wildman–Crippen LogP) is 2.30. The van der Waals surface area contributed by atoms with Crippen LogP contribution in [0.2, 0.25) is 0 Å². The number of carboxylic acids is 1. The molecule has 1 unspecified atom stereocenters. The number of nitrogens with one attached hydrogen (secondary N) is 1. The fraction of sp³-hybridized carbons (Fsp3) is 0.333. The van der Waals surface area contributed by atoms with Crippen LogP contribution in [0.3, 0.4) is 0 Å². The van der Waals surface area contributed by atoms with Gasteiger partial charge >= 0.3 is 5.97 Å². The van der Waals surface area contributed by atoms with E-state index in [-0.39, 0.29) is 5.56 Å². The maximum Gasteiger partial charge on any atom is 0.339 e. The Hall–Kier alpha value is -1.84. The van der Waals surface area contributed by atoms with E-state index in [0.717, 1.165) is 19.3 Å². The smallest absolute Gasteiger partial charge is 0.339 e. The third kappa shape index (κ3) is 2.39. The molecule has 1 aliphatic rings. The summed E-state index contributed by atoms with van der Waals surface area (Å²) in [6.45, 7) is 0.